The number of aldehydes is 1. The molecule has 8 nitrogen and oxygen atoms in total. The van der Waals surface area contributed by atoms with Gasteiger partial charge in [-0.25, -0.2) is 15.0 Å². The van der Waals surface area contributed by atoms with E-state index in [0.29, 0.717) is 21.7 Å². The van der Waals surface area contributed by atoms with Gasteiger partial charge in [-0.1, -0.05) is 30.8 Å². The maximum atomic E-state index is 10.7. The van der Waals surface area contributed by atoms with Gasteiger partial charge in [0.05, 0.1) is 11.1 Å². The molecule has 3 rings (SSSR count). The second-order valence-electron chi connectivity index (χ2n) is 6.96. The minimum atomic E-state index is 0.581. The van der Waals surface area contributed by atoms with Gasteiger partial charge in [-0.2, -0.15) is 0 Å². The van der Waals surface area contributed by atoms with Crippen molar-refractivity contribution in [2.45, 2.75) is 34.6 Å². The fourth-order valence-corrected chi connectivity index (χ4v) is 3.54. The number of hydrogen-bond acceptors (Lipinski definition) is 9. The molecule has 0 saturated carbocycles. The van der Waals surface area contributed by atoms with Crippen molar-refractivity contribution in [1.82, 2.24) is 25.2 Å². The predicted molar refractivity (Wildman–Crippen MR) is 137 cm³/mol. The number of anilines is 3. The van der Waals surface area contributed by atoms with Crippen LogP contribution in [0.15, 0.2) is 29.9 Å². The number of hydrogen-bond donors (Lipinski definition) is 2. The van der Waals surface area contributed by atoms with Crippen LogP contribution >= 0.6 is 22.9 Å². The molecule has 1 saturated heterocycles. The molecule has 32 heavy (non-hydrogen) atoms. The third-order valence-electron chi connectivity index (χ3n) is 4.75. The average molecular weight is 482 g/mol. The molecule has 0 radical (unpaired) electrons. The number of carbonyl (C=O) groups is 1. The van der Waals surface area contributed by atoms with Crippen LogP contribution in [0, 0.1) is 0 Å². The summed E-state index contributed by atoms with van der Waals surface area (Å²) in [5, 5.41) is 6.80. The first kappa shape index (κ1) is 27.8. The molecule has 2 N–H and O–H groups in total. The Labute approximate surface area is 201 Å². The molecule has 1 fully saturated rings. The molecule has 0 spiro atoms. The topological polar surface area (TPSA) is 86.3 Å². The number of rotatable bonds is 7. The summed E-state index contributed by atoms with van der Waals surface area (Å²) in [6, 6.07) is 1.90. The van der Waals surface area contributed by atoms with Crippen molar-refractivity contribution in [2.75, 3.05) is 55.9 Å². The lowest BCUT2D eigenvalue weighted by Gasteiger charge is -2.35. The molecule has 10 heteroatoms. The summed E-state index contributed by atoms with van der Waals surface area (Å²) < 4.78 is 0. The molecule has 2 aromatic heterocycles. The number of nitrogens with zero attached hydrogens (tertiary/aromatic N) is 5. The summed E-state index contributed by atoms with van der Waals surface area (Å²) in [5.41, 5.74) is 2.61. The summed E-state index contributed by atoms with van der Waals surface area (Å²) in [6.45, 7) is 15.0. The van der Waals surface area contributed by atoms with Crippen LogP contribution in [-0.4, -0.2) is 71.8 Å². The molecule has 3 heterocycles. The van der Waals surface area contributed by atoms with Gasteiger partial charge in [-0.3, -0.25) is 9.69 Å². The standard InChI is InChI=1S/C14H17ClN6OS.C6H13N.C2H6/c15-1-2-20-3-5-21(6-4-20)13-7-12(17-10-18-13)19-14-16-8-11(9-22)23-14;1-5(2)6(3)7-4;1-2/h7-10H,1-6H2,(H,16,17,18,19);7H,1-4H3;1-2H3. The van der Waals surface area contributed by atoms with Crippen LogP contribution in [0.5, 0.6) is 0 Å². The zero-order valence-electron chi connectivity index (χ0n) is 20.0. The zero-order valence-corrected chi connectivity index (χ0v) is 21.6. The second kappa shape index (κ2) is 15.6. The number of alkyl halides is 1. The first-order valence-corrected chi connectivity index (χ1v) is 12.2. The number of allylic oxidation sites excluding steroid dienone is 2. The van der Waals surface area contributed by atoms with Crippen LogP contribution in [-0.2, 0) is 0 Å². The highest BCUT2D eigenvalue weighted by molar-refractivity contribution is 7.17. The van der Waals surface area contributed by atoms with Crippen molar-refractivity contribution in [3.05, 3.63) is 34.7 Å². The van der Waals surface area contributed by atoms with Crippen molar-refractivity contribution in [1.29, 1.82) is 0 Å². The molecule has 0 unspecified atom stereocenters. The Morgan fingerprint density at radius 2 is 1.84 bits per heavy atom. The lowest BCUT2D eigenvalue weighted by Crippen LogP contribution is -2.47. The average Bonchev–Trinajstić information content (AvgIpc) is 3.28. The zero-order chi connectivity index (χ0) is 23.9. The van der Waals surface area contributed by atoms with Gasteiger partial charge < -0.3 is 15.5 Å². The summed E-state index contributed by atoms with van der Waals surface area (Å²) in [4.78, 5) is 28.6. The minimum absolute atomic E-state index is 0.581. The highest BCUT2D eigenvalue weighted by Gasteiger charge is 2.18. The minimum Gasteiger partial charge on any atom is -0.392 e. The molecule has 0 atom stereocenters. The lowest BCUT2D eigenvalue weighted by molar-refractivity contribution is 0.112. The third kappa shape index (κ3) is 9.50. The Hall–Kier alpha value is -2.23. The molecular formula is C22H36ClN7OS. The van der Waals surface area contributed by atoms with Gasteiger partial charge >= 0.3 is 0 Å². The molecule has 0 bridgehead atoms. The van der Waals surface area contributed by atoms with Gasteiger partial charge in [-0.05, 0) is 20.8 Å². The van der Waals surface area contributed by atoms with Crippen molar-refractivity contribution >= 4 is 46.0 Å². The number of piperazine rings is 1. The number of aromatic nitrogens is 3. The summed E-state index contributed by atoms with van der Waals surface area (Å²) in [5.74, 6) is 2.23. The first-order chi connectivity index (χ1) is 15.5. The quantitative estimate of drug-likeness (QED) is 0.444. The van der Waals surface area contributed by atoms with Gasteiger partial charge in [0, 0.05) is 57.4 Å². The number of halogens is 1. The molecule has 0 amide bonds. The van der Waals surface area contributed by atoms with Gasteiger partial charge in [0.25, 0.3) is 0 Å². The lowest BCUT2D eigenvalue weighted by atomic mass is 10.3. The van der Waals surface area contributed by atoms with E-state index in [0.717, 1.165) is 44.8 Å². The van der Waals surface area contributed by atoms with Gasteiger partial charge in [0.2, 0.25) is 0 Å². The Balaban J connectivity index is 0.000000488. The molecule has 2 aromatic rings. The van der Waals surface area contributed by atoms with E-state index in [1.807, 2.05) is 27.0 Å². The van der Waals surface area contributed by atoms with E-state index in [2.05, 4.69) is 56.2 Å². The molecule has 1 aliphatic rings. The molecular weight excluding hydrogens is 446 g/mol. The maximum Gasteiger partial charge on any atom is 0.188 e. The summed E-state index contributed by atoms with van der Waals surface area (Å²) in [6.07, 6.45) is 3.86. The Bertz CT molecular complexity index is 831. The Morgan fingerprint density at radius 1 is 1.16 bits per heavy atom. The SMILES string of the molecule is CC.CNC(C)=C(C)C.O=Cc1cnc(Nc2cc(N3CCN(CCCl)CC3)ncn2)s1. The van der Waals surface area contributed by atoms with E-state index in [1.54, 1.807) is 0 Å². The monoisotopic (exact) mass is 481 g/mol. The fourth-order valence-electron chi connectivity index (χ4n) is 2.67. The Kier molecular flexibility index (Phi) is 13.5. The highest BCUT2D eigenvalue weighted by atomic mass is 35.5. The van der Waals surface area contributed by atoms with Crippen molar-refractivity contribution in [3.8, 4) is 0 Å². The van der Waals surface area contributed by atoms with E-state index in [1.165, 1.54) is 35.1 Å². The largest absolute Gasteiger partial charge is 0.392 e. The number of nitrogens with one attached hydrogen (secondary N) is 2. The van der Waals surface area contributed by atoms with E-state index in [9.17, 15) is 4.79 Å². The van der Waals surface area contributed by atoms with Crippen LogP contribution in [0.25, 0.3) is 0 Å². The first-order valence-electron chi connectivity index (χ1n) is 10.8. The number of carbonyl (C=O) groups excluding carboxylic acids is 1. The normalized spacial score (nSPS) is 13.2. The van der Waals surface area contributed by atoms with Crippen LogP contribution in [0.2, 0.25) is 0 Å². The van der Waals surface area contributed by atoms with Crippen LogP contribution < -0.4 is 15.5 Å². The van der Waals surface area contributed by atoms with Gasteiger partial charge in [0.1, 0.15) is 18.0 Å². The summed E-state index contributed by atoms with van der Waals surface area (Å²) in [7, 11) is 1.93. The van der Waals surface area contributed by atoms with E-state index in [-0.39, 0.29) is 0 Å². The molecule has 0 aromatic carbocycles. The fraction of sp³-hybridized carbons (Fsp3) is 0.545. The van der Waals surface area contributed by atoms with Crippen LogP contribution in [0.3, 0.4) is 0 Å². The number of thiazole rings is 1. The third-order valence-corrected chi connectivity index (χ3v) is 5.76. The Morgan fingerprint density at radius 3 is 2.34 bits per heavy atom. The van der Waals surface area contributed by atoms with Crippen molar-refractivity contribution in [2.24, 2.45) is 0 Å². The second-order valence-corrected chi connectivity index (χ2v) is 8.40. The predicted octanol–water partition coefficient (Wildman–Crippen LogP) is 4.40. The molecule has 1 aliphatic heterocycles. The van der Waals surface area contributed by atoms with E-state index >= 15 is 0 Å². The maximum absolute atomic E-state index is 10.7. The van der Waals surface area contributed by atoms with Crippen molar-refractivity contribution in [3.63, 3.8) is 0 Å². The van der Waals surface area contributed by atoms with Crippen LogP contribution in [0.4, 0.5) is 16.8 Å². The van der Waals surface area contributed by atoms with Crippen LogP contribution in [0.1, 0.15) is 44.3 Å². The van der Waals surface area contributed by atoms with E-state index in [4.69, 9.17) is 11.6 Å². The molecule has 0 aliphatic carbocycles. The molecule has 178 valence electrons. The highest BCUT2D eigenvalue weighted by Crippen LogP contribution is 2.22. The van der Waals surface area contributed by atoms with Gasteiger partial charge in [0.15, 0.2) is 11.4 Å². The van der Waals surface area contributed by atoms with E-state index < -0.39 is 0 Å². The smallest absolute Gasteiger partial charge is 0.188 e. The van der Waals surface area contributed by atoms with Crippen molar-refractivity contribution < 1.29 is 4.79 Å². The van der Waals surface area contributed by atoms with Gasteiger partial charge in [-0.15, -0.1) is 11.6 Å². The summed E-state index contributed by atoms with van der Waals surface area (Å²) >= 11 is 7.08.